The van der Waals surface area contributed by atoms with Gasteiger partial charge in [-0.15, -0.1) is 0 Å². The van der Waals surface area contributed by atoms with Crippen LogP contribution in [0.4, 0.5) is 0 Å². The molecule has 0 N–H and O–H groups in total. The molecule has 1 rings (SSSR count). The summed E-state index contributed by atoms with van der Waals surface area (Å²) in [5.74, 6) is -0.176. The van der Waals surface area contributed by atoms with Crippen LogP contribution in [-0.4, -0.2) is 22.1 Å². The summed E-state index contributed by atoms with van der Waals surface area (Å²) in [5.41, 5.74) is -1.34. The van der Waals surface area contributed by atoms with E-state index in [1.54, 1.807) is 30.9 Å². The number of ether oxygens (including phenoxy) is 1. The average Bonchev–Trinajstić information content (AvgIpc) is 2.64. The normalized spacial score (nSPS) is 14.0. The summed E-state index contributed by atoms with van der Waals surface area (Å²) in [6.07, 6.45) is 3.23. The fourth-order valence-electron chi connectivity index (χ4n) is 1.31. The van der Waals surface area contributed by atoms with Crippen molar-refractivity contribution in [3.8, 4) is 6.07 Å². The minimum absolute atomic E-state index is 0.251. The third kappa shape index (κ3) is 1.84. The van der Waals surface area contributed by atoms with Crippen molar-refractivity contribution in [2.75, 3.05) is 6.61 Å². The zero-order valence-corrected chi connectivity index (χ0v) is 9.02. The molecule has 1 atom stereocenters. The van der Waals surface area contributed by atoms with Crippen molar-refractivity contribution in [2.24, 2.45) is 7.05 Å². The van der Waals surface area contributed by atoms with Gasteiger partial charge in [0.25, 0.3) is 0 Å². The Bertz CT molecular complexity index is 405. The van der Waals surface area contributed by atoms with Crippen LogP contribution in [0, 0.1) is 11.3 Å². The van der Waals surface area contributed by atoms with Crippen molar-refractivity contribution in [1.29, 1.82) is 5.26 Å². The van der Waals surface area contributed by atoms with E-state index in [0.717, 1.165) is 0 Å². The van der Waals surface area contributed by atoms with Gasteiger partial charge in [-0.2, -0.15) is 5.26 Å². The molecule has 0 radical (unpaired) electrons. The Balaban J connectivity index is 3.12. The Morgan fingerprint density at radius 2 is 2.47 bits per heavy atom. The van der Waals surface area contributed by atoms with Crippen molar-refractivity contribution < 1.29 is 9.53 Å². The molecule has 0 saturated carbocycles. The maximum Gasteiger partial charge on any atom is 0.334 e. The molecule has 1 unspecified atom stereocenters. The summed E-state index contributed by atoms with van der Waals surface area (Å²) >= 11 is 0. The topological polar surface area (TPSA) is 67.9 Å². The zero-order chi connectivity index (χ0) is 11.5. The number of aromatic nitrogens is 2. The van der Waals surface area contributed by atoms with Crippen LogP contribution < -0.4 is 0 Å². The summed E-state index contributed by atoms with van der Waals surface area (Å²) in [7, 11) is 1.73. The fourth-order valence-corrected chi connectivity index (χ4v) is 1.31. The number of aryl methyl sites for hydroxylation is 1. The van der Waals surface area contributed by atoms with Crippen LogP contribution in [0.2, 0.25) is 0 Å². The van der Waals surface area contributed by atoms with Crippen LogP contribution in [0.15, 0.2) is 12.4 Å². The predicted octanol–water partition coefficient (Wildman–Crippen LogP) is 0.764. The van der Waals surface area contributed by atoms with Gasteiger partial charge in [-0.25, -0.2) is 9.78 Å². The van der Waals surface area contributed by atoms with Crippen LogP contribution >= 0.6 is 0 Å². The van der Waals surface area contributed by atoms with Gasteiger partial charge in [0.05, 0.1) is 12.7 Å². The molecule has 80 valence electrons. The van der Waals surface area contributed by atoms with Gasteiger partial charge in [0.2, 0.25) is 5.41 Å². The molecule has 5 nitrogen and oxygen atoms in total. The molecule has 0 aliphatic heterocycles. The molecule has 0 bridgehead atoms. The van der Waals surface area contributed by atoms with Crippen molar-refractivity contribution in [1.82, 2.24) is 9.55 Å². The third-order valence-corrected chi connectivity index (χ3v) is 2.18. The Kier molecular flexibility index (Phi) is 3.10. The number of hydrogen-bond acceptors (Lipinski definition) is 4. The highest BCUT2D eigenvalue weighted by Gasteiger charge is 2.40. The number of nitrogens with zero attached hydrogens (tertiary/aromatic N) is 3. The van der Waals surface area contributed by atoms with Gasteiger partial charge in [0.1, 0.15) is 5.82 Å². The quantitative estimate of drug-likeness (QED) is 0.686. The number of carbonyl (C=O) groups excluding carboxylic acids is 1. The van der Waals surface area contributed by atoms with Gasteiger partial charge in [0.15, 0.2) is 0 Å². The molecule has 1 aromatic heterocycles. The Labute approximate surface area is 88.3 Å². The predicted molar refractivity (Wildman–Crippen MR) is 52.8 cm³/mol. The molecule has 1 aromatic rings. The van der Waals surface area contributed by atoms with Gasteiger partial charge in [-0.3, -0.25) is 0 Å². The van der Waals surface area contributed by atoms with E-state index in [4.69, 9.17) is 10.00 Å². The van der Waals surface area contributed by atoms with Crippen molar-refractivity contribution in [2.45, 2.75) is 19.3 Å². The highest BCUT2D eigenvalue weighted by Crippen LogP contribution is 2.22. The summed E-state index contributed by atoms with van der Waals surface area (Å²) < 4.78 is 6.50. The van der Waals surface area contributed by atoms with E-state index in [2.05, 4.69) is 4.98 Å². The lowest BCUT2D eigenvalue weighted by Crippen LogP contribution is -2.35. The summed E-state index contributed by atoms with van der Waals surface area (Å²) in [6.45, 7) is 3.46. The number of esters is 1. The van der Waals surface area contributed by atoms with Crippen molar-refractivity contribution in [3.63, 3.8) is 0 Å². The van der Waals surface area contributed by atoms with E-state index in [-0.39, 0.29) is 6.61 Å². The van der Waals surface area contributed by atoms with Crippen LogP contribution in [-0.2, 0) is 22.0 Å². The van der Waals surface area contributed by atoms with E-state index < -0.39 is 11.4 Å². The number of rotatable bonds is 3. The number of carbonyl (C=O) groups is 1. The monoisotopic (exact) mass is 207 g/mol. The average molecular weight is 207 g/mol. The SMILES string of the molecule is CCOC(=O)C(C)(C#N)c1nccn1C. The van der Waals surface area contributed by atoms with Crippen molar-refractivity contribution in [3.05, 3.63) is 18.2 Å². The Morgan fingerprint density at radius 3 is 2.87 bits per heavy atom. The molecule has 1 heterocycles. The minimum atomic E-state index is -1.34. The Morgan fingerprint density at radius 1 is 1.80 bits per heavy atom. The maximum absolute atomic E-state index is 11.6. The van der Waals surface area contributed by atoms with Crippen LogP contribution in [0.25, 0.3) is 0 Å². The highest BCUT2D eigenvalue weighted by molar-refractivity contribution is 5.85. The number of hydrogen-bond donors (Lipinski definition) is 0. The Hall–Kier alpha value is -1.83. The number of imidazole rings is 1. The molecule has 0 aliphatic rings. The van der Waals surface area contributed by atoms with E-state index in [1.165, 1.54) is 6.92 Å². The van der Waals surface area contributed by atoms with Gasteiger partial charge in [-0.05, 0) is 13.8 Å². The smallest absolute Gasteiger partial charge is 0.334 e. The van der Waals surface area contributed by atoms with E-state index in [0.29, 0.717) is 5.82 Å². The molecule has 0 fully saturated rings. The lowest BCUT2D eigenvalue weighted by atomic mass is 9.92. The summed E-state index contributed by atoms with van der Waals surface area (Å²) in [5, 5.41) is 9.07. The van der Waals surface area contributed by atoms with Gasteiger partial charge >= 0.3 is 5.97 Å². The fraction of sp³-hybridized carbons (Fsp3) is 0.500. The first-order chi connectivity index (χ1) is 7.06. The first-order valence-corrected chi connectivity index (χ1v) is 4.62. The van der Waals surface area contributed by atoms with E-state index >= 15 is 0 Å². The second-order valence-corrected chi connectivity index (χ2v) is 3.32. The summed E-state index contributed by atoms with van der Waals surface area (Å²) in [6, 6.07) is 1.95. The molecule has 15 heavy (non-hydrogen) atoms. The van der Waals surface area contributed by atoms with Gasteiger partial charge in [0, 0.05) is 19.4 Å². The lowest BCUT2D eigenvalue weighted by molar-refractivity contribution is -0.147. The zero-order valence-electron chi connectivity index (χ0n) is 9.02. The van der Waals surface area contributed by atoms with Gasteiger partial charge < -0.3 is 9.30 Å². The van der Waals surface area contributed by atoms with Crippen LogP contribution in [0.3, 0.4) is 0 Å². The largest absolute Gasteiger partial charge is 0.464 e. The second kappa shape index (κ2) is 4.13. The standard InChI is InChI=1S/C10H13N3O2/c1-4-15-9(14)10(2,7-11)8-12-5-6-13(8)3/h5-6H,4H2,1-3H3. The maximum atomic E-state index is 11.6. The summed E-state index contributed by atoms with van der Waals surface area (Å²) in [4.78, 5) is 15.7. The van der Waals surface area contributed by atoms with E-state index in [9.17, 15) is 4.79 Å². The minimum Gasteiger partial charge on any atom is -0.464 e. The molecular formula is C10H13N3O2. The molecular weight excluding hydrogens is 194 g/mol. The van der Waals surface area contributed by atoms with Crippen LogP contribution in [0.1, 0.15) is 19.7 Å². The first kappa shape index (κ1) is 11.2. The second-order valence-electron chi connectivity index (χ2n) is 3.32. The van der Waals surface area contributed by atoms with Gasteiger partial charge in [-0.1, -0.05) is 0 Å². The molecule has 0 aliphatic carbocycles. The van der Waals surface area contributed by atoms with E-state index in [1.807, 2.05) is 6.07 Å². The molecule has 0 saturated heterocycles. The van der Waals surface area contributed by atoms with Crippen LogP contribution in [0.5, 0.6) is 0 Å². The molecule has 0 spiro atoms. The third-order valence-electron chi connectivity index (χ3n) is 2.18. The molecule has 0 amide bonds. The molecule has 0 aromatic carbocycles. The number of nitriles is 1. The molecule has 5 heteroatoms. The van der Waals surface area contributed by atoms with Crippen molar-refractivity contribution >= 4 is 5.97 Å². The first-order valence-electron chi connectivity index (χ1n) is 4.62. The lowest BCUT2D eigenvalue weighted by Gasteiger charge is -2.18. The highest BCUT2D eigenvalue weighted by atomic mass is 16.5.